The van der Waals surface area contributed by atoms with Gasteiger partial charge in [-0.15, -0.1) is 11.6 Å². The quantitative estimate of drug-likeness (QED) is 0.789. The van der Waals surface area contributed by atoms with Crippen LogP contribution >= 0.6 is 23.4 Å². The summed E-state index contributed by atoms with van der Waals surface area (Å²) in [6, 6.07) is 9.09. The van der Waals surface area contributed by atoms with Gasteiger partial charge >= 0.3 is 0 Å². The van der Waals surface area contributed by atoms with Gasteiger partial charge in [-0.3, -0.25) is 4.79 Å². The minimum Gasteiger partial charge on any atom is -0.395 e. The van der Waals surface area contributed by atoms with E-state index in [9.17, 15) is 4.79 Å². The van der Waals surface area contributed by atoms with Gasteiger partial charge in [0.15, 0.2) is 0 Å². The zero-order chi connectivity index (χ0) is 13.5. The fourth-order valence-electron chi connectivity index (χ4n) is 1.60. The van der Waals surface area contributed by atoms with E-state index in [2.05, 4.69) is 5.32 Å². The molecule has 3 nitrogen and oxygen atoms in total. The van der Waals surface area contributed by atoms with Gasteiger partial charge < -0.3 is 10.4 Å². The van der Waals surface area contributed by atoms with Crippen molar-refractivity contribution in [2.45, 2.75) is 23.6 Å². The highest BCUT2D eigenvalue weighted by molar-refractivity contribution is 7.99. The molecule has 0 heterocycles. The smallest absolute Gasteiger partial charge is 0.242 e. The number of thioether (sulfide) groups is 1. The zero-order valence-corrected chi connectivity index (χ0v) is 12.0. The van der Waals surface area contributed by atoms with Crippen molar-refractivity contribution in [1.29, 1.82) is 0 Å². The van der Waals surface area contributed by atoms with Gasteiger partial charge in [-0.1, -0.05) is 30.3 Å². The van der Waals surface area contributed by atoms with Gasteiger partial charge in [0.05, 0.1) is 6.61 Å². The maximum Gasteiger partial charge on any atom is 0.242 e. The molecule has 3 atom stereocenters. The Labute approximate surface area is 117 Å². The Morgan fingerprint density at radius 2 is 2.06 bits per heavy atom. The first-order valence-electron chi connectivity index (χ1n) is 5.73. The molecule has 1 aromatic carbocycles. The molecule has 2 N–H and O–H groups in total. The minimum atomic E-state index is -0.699. The molecule has 0 aromatic heterocycles. The third-order valence-corrected chi connectivity index (χ3v) is 4.35. The van der Waals surface area contributed by atoms with E-state index in [-0.39, 0.29) is 23.8 Å². The molecule has 0 aliphatic carbocycles. The van der Waals surface area contributed by atoms with E-state index in [0.29, 0.717) is 0 Å². The van der Waals surface area contributed by atoms with E-state index >= 15 is 0 Å². The number of carbonyl (C=O) groups excluding carboxylic acids is 1. The summed E-state index contributed by atoms with van der Waals surface area (Å²) in [4.78, 5) is 12.0. The van der Waals surface area contributed by atoms with E-state index in [1.807, 2.05) is 43.5 Å². The molecule has 3 unspecified atom stereocenters. The first kappa shape index (κ1) is 15.3. The van der Waals surface area contributed by atoms with Crippen LogP contribution in [0.2, 0.25) is 0 Å². The third-order valence-electron chi connectivity index (χ3n) is 2.73. The summed E-state index contributed by atoms with van der Waals surface area (Å²) >= 11 is 7.63. The molecule has 0 saturated heterocycles. The number of nitrogens with one attached hydrogen (secondary N) is 1. The molecular formula is C13H18ClNO2S. The van der Waals surface area contributed by atoms with Gasteiger partial charge in [0.1, 0.15) is 5.38 Å². The predicted molar refractivity (Wildman–Crippen MR) is 77.0 cm³/mol. The fraction of sp³-hybridized carbons (Fsp3) is 0.462. The largest absolute Gasteiger partial charge is 0.395 e. The van der Waals surface area contributed by atoms with Crippen LogP contribution in [-0.4, -0.2) is 35.2 Å². The molecule has 0 fully saturated rings. The third kappa shape index (κ3) is 4.19. The molecule has 1 aromatic rings. The molecule has 0 aliphatic rings. The van der Waals surface area contributed by atoms with Gasteiger partial charge in [-0.2, -0.15) is 11.8 Å². The molecular weight excluding hydrogens is 270 g/mol. The van der Waals surface area contributed by atoms with Crippen LogP contribution < -0.4 is 5.32 Å². The Balaban J connectivity index is 2.60. The van der Waals surface area contributed by atoms with Crippen molar-refractivity contribution in [3.8, 4) is 0 Å². The Morgan fingerprint density at radius 1 is 1.44 bits per heavy atom. The summed E-state index contributed by atoms with van der Waals surface area (Å²) in [5, 5.41) is 11.3. The van der Waals surface area contributed by atoms with E-state index in [1.165, 1.54) is 11.8 Å². The molecule has 0 saturated carbocycles. The van der Waals surface area contributed by atoms with Crippen LogP contribution in [0.1, 0.15) is 17.9 Å². The number of carbonyl (C=O) groups is 1. The van der Waals surface area contributed by atoms with Crippen molar-refractivity contribution in [3.63, 3.8) is 0 Å². The van der Waals surface area contributed by atoms with Crippen LogP contribution in [0.15, 0.2) is 30.3 Å². The molecule has 0 radical (unpaired) electrons. The molecule has 5 heteroatoms. The number of alkyl halides is 1. The van der Waals surface area contributed by atoms with Gasteiger partial charge in [0.25, 0.3) is 0 Å². The number of aliphatic hydroxyl groups excluding tert-OH is 1. The Bertz CT molecular complexity index is 371. The highest BCUT2D eigenvalue weighted by Gasteiger charge is 2.22. The van der Waals surface area contributed by atoms with E-state index < -0.39 is 5.38 Å². The Morgan fingerprint density at radius 3 is 2.56 bits per heavy atom. The molecule has 18 heavy (non-hydrogen) atoms. The number of hydrogen-bond acceptors (Lipinski definition) is 3. The normalized spacial score (nSPS) is 15.8. The second kappa shape index (κ2) is 7.67. The molecule has 0 aliphatic heterocycles. The second-order valence-corrected chi connectivity index (χ2v) is 5.54. The van der Waals surface area contributed by atoms with Crippen molar-refractivity contribution in [1.82, 2.24) is 5.32 Å². The summed E-state index contributed by atoms with van der Waals surface area (Å²) in [6.45, 7) is 1.89. The lowest BCUT2D eigenvalue weighted by molar-refractivity contribution is -0.121. The average Bonchev–Trinajstić information content (AvgIpc) is 2.40. The van der Waals surface area contributed by atoms with Crippen molar-refractivity contribution < 1.29 is 9.90 Å². The van der Waals surface area contributed by atoms with Crippen LogP contribution in [0, 0.1) is 0 Å². The van der Waals surface area contributed by atoms with E-state index in [1.54, 1.807) is 0 Å². The lowest BCUT2D eigenvalue weighted by Gasteiger charge is -2.22. The molecule has 1 rings (SSSR count). The average molecular weight is 288 g/mol. The van der Waals surface area contributed by atoms with E-state index in [0.717, 1.165) is 5.56 Å². The Kier molecular flexibility index (Phi) is 6.54. The SMILES string of the molecule is CSC(CO)C(C)NC(=O)C(Cl)c1ccccc1. The minimum absolute atomic E-state index is 0.0198. The second-order valence-electron chi connectivity index (χ2n) is 4.03. The van der Waals surface area contributed by atoms with Crippen LogP contribution in [-0.2, 0) is 4.79 Å². The van der Waals surface area contributed by atoms with Gasteiger partial charge in [-0.05, 0) is 18.7 Å². The van der Waals surface area contributed by atoms with Crippen LogP contribution in [0.3, 0.4) is 0 Å². The maximum atomic E-state index is 12.0. The molecule has 0 bridgehead atoms. The number of rotatable bonds is 6. The first-order chi connectivity index (χ1) is 8.60. The Hall–Kier alpha value is -0.710. The van der Waals surface area contributed by atoms with Crippen molar-refractivity contribution in [2.75, 3.05) is 12.9 Å². The highest BCUT2D eigenvalue weighted by atomic mass is 35.5. The first-order valence-corrected chi connectivity index (χ1v) is 7.45. The fourth-order valence-corrected chi connectivity index (χ4v) is 2.43. The van der Waals surface area contributed by atoms with Crippen LogP contribution in [0.5, 0.6) is 0 Å². The molecule has 0 spiro atoms. The number of hydrogen-bond donors (Lipinski definition) is 2. The van der Waals surface area contributed by atoms with Crippen LogP contribution in [0.25, 0.3) is 0 Å². The number of halogens is 1. The van der Waals surface area contributed by atoms with Crippen molar-refractivity contribution >= 4 is 29.3 Å². The van der Waals surface area contributed by atoms with Crippen molar-refractivity contribution in [2.24, 2.45) is 0 Å². The summed E-state index contributed by atoms with van der Waals surface area (Å²) in [5.74, 6) is -0.233. The number of amides is 1. The lowest BCUT2D eigenvalue weighted by Crippen LogP contribution is -2.42. The van der Waals surface area contributed by atoms with Gasteiger partial charge in [-0.25, -0.2) is 0 Å². The summed E-state index contributed by atoms with van der Waals surface area (Å²) < 4.78 is 0. The summed E-state index contributed by atoms with van der Waals surface area (Å²) in [6.07, 6.45) is 1.90. The maximum absolute atomic E-state index is 12.0. The van der Waals surface area contributed by atoms with E-state index in [4.69, 9.17) is 16.7 Å². The topological polar surface area (TPSA) is 49.3 Å². The summed E-state index contributed by atoms with van der Waals surface area (Å²) in [5.41, 5.74) is 0.772. The van der Waals surface area contributed by atoms with Crippen LogP contribution in [0.4, 0.5) is 0 Å². The zero-order valence-electron chi connectivity index (χ0n) is 10.5. The number of aliphatic hydroxyl groups is 1. The predicted octanol–water partition coefficient (Wildman–Crippen LogP) is 2.20. The monoisotopic (exact) mass is 287 g/mol. The van der Waals surface area contributed by atoms with Crippen molar-refractivity contribution in [3.05, 3.63) is 35.9 Å². The van der Waals surface area contributed by atoms with Gasteiger partial charge in [0, 0.05) is 11.3 Å². The lowest BCUT2D eigenvalue weighted by atomic mass is 10.1. The van der Waals surface area contributed by atoms with Gasteiger partial charge in [0.2, 0.25) is 5.91 Å². The highest BCUT2D eigenvalue weighted by Crippen LogP contribution is 2.21. The standard InChI is InChI=1S/C13H18ClNO2S/c1-9(11(8-16)18-2)15-13(17)12(14)10-6-4-3-5-7-10/h3-7,9,11-12,16H,8H2,1-2H3,(H,15,17). The molecule has 100 valence electrons. The summed E-state index contributed by atoms with van der Waals surface area (Å²) in [7, 11) is 0. The molecule has 1 amide bonds. The number of benzene rings is 1.